The predicted molar refractivity (Wildman–Crippen MR) is 67.3 cm³/mol. The van der Waals surface area contributed by atoms with E-state index >= 15 is 0 Å². The Hall–Kier alpha value is -0.0800. The number of hydrogen-bond donors (Lipinski definition) is 1. The van der Waals surface area contributed by atoms with Gasteiger partial charge in [-0.25, -0.2) is 0 Å². The highest BCUT2D eigenvalue weighted by atomic mass is 16.5. The number of nitrogens with one attached hydrogen (secondary N) is 1. The van der Waals surface area contributed by atoms with Crippen LogP contribution in [0.25, 0.3) is 0 Å². The Bertz CT molecular complexity index is 115. The number of rotatable bonds is 11. The molecular formula is C13H29NO. The molecule has 0 aliphatic heterocycles. The average molecular weight is 215 g/mol. The molecule has 0 bridgehead atoms. The molecule has 0 rings (SSSR count). The zero-order valence-corrected chi connectivity index (χ0v) is 10.8. The lowest BCUT2D eigenvalue weighted by atomic mass is 10.1. The van der Waals surface area contributed by atoms with Crippen molar-refractivity contribution in [2.75, 3.05) is 26.3 Å². The van der Waals surface area contributed by atoms with Gasteiger partial charge in [-0.1, -0.05) is 40.0 Å². The van der Waals surface area contributed by atoms with Crippen molar-refractivity contribution in [2.45, 2.75) is 52.9 Å². The van der Waals surface area contributed by atoms with Crippen molar-refractivity contribution in [2.24, 2.45) is 5.92 Å². The number of unbranched alkanes of at least 4 members (excludes halogenated alkanes) is 2. The summed E-state index contributed by atoms with van der Waals surface area (Å²) in [6, 6.07) is 0. The highest BCUT2D eigenvalue weighted by Gasteiger charge is 1.93. The van der Waals surface area contributed by atoms with Crippen LogP contribution in [-0.4, -0.2) is 26.3 Å². The summed E-state index contributed by atoms with van der Waals surface area (Å²) >= 11 is 0. The van der Waals surface area contributed by atoms with Crippen LogP contribution in [0.1, 0.15) is 52.9 Å². The Morgan fingerprint density at radius 3 is 2.47 bits per heavy atom. The minimum Gasteiger partial charge on any atom is -0.380 e. The van der Waals surface area contributed by atoms with E-state index in [-0.39, 0.29) is 0 Å². The van der Waals surface area contributed by atoms with Gasteiger partial charge < -0.3 is 10.1 Å². The van der Waals surface area contributed by atoms with E-state index in [1.54, 1.807) is 0 Å². The topological polar surface area (TPSA) is 21.3 Å². The Labute approximate surface area is 95.8 Å². The molecule has 0 aromatic rings. The van der Waals surface area contributed by atoms with E-state index in [2.05, 4.69) is 26.1 Å². The van der Waals surface area contributed by atoms with E-state index in [4.69, 9.17) is 4.74 Å². The van der Waals surface area contributed by atoms with Crippen molar-refractivity contribution < 1.29 is 4.74 Å². The molecule has 0 unspecified atom stereocenters. The molecule has 0 atom stereocenters. The van der Waals surface area contributed by atoms with Gasteiger partial charge in [-0.2, -0.15) is 0 Å². The lowest BCUT2D eigenvalue weighted by Gasteiger charge is -2.06. The molecule has 0 radical (unpaired) electrons. The van der Waals surface area contributed by atoms with Gasteiger partial charge in [0.25, 0.3) is 0 Å². The smallest absolute Gasteiger partial charge is 0.0590 e. The summed E-state index contributed by atoms with van der Waals surface area (Å²) in [6.45, 7) is 10.7. The average Bonchev–Trinajstić information content (AvgIpc) is 2.20. The maximum Gasteiger partial charge on any atom is 0.0590 e. The highest BCUT2D eigenvalue weighted by molar-refractivity contribution is 4.50. The summed E-state index contributed by atoms with van der Waals surface area (Å²) in [4.78, 5) is 0. The summed E-state index contributed by atoms with van der Waals surface area (Å²) in [5.41, 5.74) is 0. The summed E-state index contributed by atoms with van der Waals surface area (Å²) in [6.07, 6.45) is 6.42. The third-order valence-corrected chi connectivity index (χ3v) is 2.45. The minimum atomic E-state index is 0.849. The minimum absolute atomic E-state index is 0.849. The third kappa shape index (κ3) is 13.9. The number of hydrogen-bond acceptors (Lipinski definition) is 2. The lowest BCUT2D eigenvalue weighted by Crippen LogP contribution is -2.21. The molecule has 0 saturated carbocycles. The van der Waals surface area contributed by atoms with E-state index in [9.17, 15) is 0 Å². The quantitative estimate of drug-likeness (QED) is 0.534. The first-order valence-corrected chi connectivity index (χ1v) is 6.55. The molecule has 0 spiro atoms. The SMILES string of the molecule is CCCCOCCNCCCCC(C)C. The summed E-state index contributed by atoms with van der Waals surface area (Å²) < 4.78 is 5.46. The molecule has 92 valence electrons. The monoisotopic (exact) mass is 215 g/mol. The zero-order chi connectivity index (χ0) is 11.4. The standard InChI is InChI=1S/C13H29NO/c1-4-5-11-15-12-10-14-9-7-6-8-13(2)3/h13-14H,4-12H2,1-3H3. The maximum atomic E-state index is 5.46. The van der Waals surface area contributed by atoms with Crippen molar-refractivity contribution in [3.05, 3.63) is 0 Å². The van der Waals surface area contributed by atoms with E-state index in [1.807, 2.05) is 0 Å². The van der Waals surface area contributed by atoms with Crippen LogP contribution < -0.4 is 5.32 Å². The van der Waals surface area contributed by atoms with Crippen LogP contribution in [0.4, 0.5) is 0 Å². The molecule has 0 aromatic heterocycles. The van der Waals surface area contributed by atoms with Crippen LogP contribution in [0, 0.1) is 5.92 Å². The fraction of sp³-hybridized carbons (Fsp3) is 1.00. The summed E-state index contributed by atoms with van der Waals surface area (Å²) in [7, 11) is 0. The third-order valence-electron chi connectivity index (χ3n) is 2.45. The first kappa shape index (κ1) is 14.9. The van der Waals surface area contributed by atoms with E-state index in [0.717, 1.165) is 32.2 Å². The predicted octanol–water partition coefficient (Wildman–Crippen LogP) is 3.22. The van der Waals surface area contributed by atoms with Gasteiger partial charge in [0.05, 0.1) is 6.61 Å². The second-order valence-corrected chi connectivity index (χ2v) is 4.61. The first-order chi connectivity index (χ1) is 7.27. The summed E-state index contributed by atoms with van der Waals surface area (Å²) in [5, 5.41) is 3.41. The van der Waals surface area contributed by atoms with Gasteiger partial charge in [-0.05, 0) is 25.3 Å². The molecule has 0 aromatic carbocycles. The van der Waals surface area contributed by atoms with Gasteiger partial charge in [-0.15, -0.1) is 0 Å². The Balaban J connectivity index is 2.87. The molecule has 0 aliphatic carbocycles. The first-order valence-electron chi connectivity index (χ1n) is 6.55. The fourth-order valence-corrected chi connectivity index (χ4v) is 1.42. The van der Waals surface area contributed by atoms with E-state index < -0.39 is 0 Å². The van der Waals surface area contributed by atoms with Crippen LogP contribution in [-0.2, 0) is 4.74 Å². The largest absolute Gasteiger partial charge is 0.380 e. The van der Waals surface area contributed by atoms with Gasteiger partial charge in [-0.3, -0.25) is 0 Å². The van der Waals surface area contributed by atoms with Crippen molar-refractivity contribution in [3.8, 4) is 0 Å². The molecular weight excluding hydrogens is 186 g/mol. The van der Waals surface area contributed by atoms with Crippen LogP contribution >= 0.6 is 0 Å². The molecule has 0 aliphatic rings. The van der Waals surface area contributed by atoms with Crippen LogP contribution in [0.2, 0.25) is 0 Å². The Morgan fingerprint density at radius 1 is 1.00 bits per heavy atom. The van der Waals surface area contributed by atoms with Gasteiger partial charge in [0, 0.05) is 13.2 Å². The molecule has 2 nitrogen and oxygen atoms in total. The molecule has 2 heteroatoms. The van der Waals surface area contributed by atoms with Crippen molar-refractivity contribution in [1.29, 1.82) is 0 Å². The Kier molecular flexibility index (Phi) is 11.9. The van der Waals surface area contributed by atoms with Gasteiger partial charge >= 0.3 is 0 Å². The van der Waals surface area contributed by atoms with Crippen molar-refractivity contribution in [1.82, 2.24) is 5.32 Å². The van der Waals surface area contributed by atoms with E-state index in [1.165, 1.54) is 32.1 Å². The maximum absolute atomic E-state index is 5.46. The molecule has 15 heavy (non-hydrogen) atoms. The normalized spacial score (nSPS) is 11.2. The van der Waals surface area contributed by atoms with Crippen molar-refractivity contribution >= 4 is 0 Å². The fourth-order valence-electron chi connectivity index (χ4n) is 1.42. The zero-order valence-electron chi connectivity index (χ0n) is 10.8. The molecule has 0 saturated heterocycles. The van der Waals surface area contributed by atoms with Crippen LogP contribution in [0.3, 0.4) is 0 Å². The van der Waals surface area contributed by atoms with Crippen LogP contribution in [0.5, 0.6) is 0 Å². The Morgan fingerprint density at radius 2 is 1.80 bits per heavy atom. The molecule has 0 amide bonds. The molecule has 1 N–H and O–H groups in total. The van der Waals surface area contributed by atoms with Crippen LogP contribution in [0.15, 0.2) is 0 Å². The lowest BCUT2D eigenvalue weighted by molar-refractivity contribution is 0.133. The van der Waals surface area contributed by atoms with Gasteiger partial charge in [0.2, 0.25) is 0 Å². The molecule has 0 heterocycles. The molecule has 0 fully saturated rings. The second kappa shape index (κ2) is 12.0. The van der Waals surface area contributed by atoms with E-state index in [0.29, 0.717) is 0 Å². The summed E-state index contributed by atoms with van der Waals surface area (Å²) in [5.74, 6) is 0.849. The van der Waals surface area contributed by atoms with Gasteiger partial charge in [0.1, 0.15) is 0 Å². The second-order valence-electron chi connectivity index (χ2n) is 4.61. The van der Waals surface area contributed by atoms with Gasteiger partial charge in [0.15, 0.2) is 0 Å². The number of ether oxygens (including phenoxy) is 1. The highest BCUT2D eigenvalue weighted by Crippen LogP contribution is 2.04. The van der Waals surface area contributed by atoms with Crippen molar-refractivity contribution in [3.63, 3.8) is 0 Å².